The van der Waals surface area contributed by atoms with Crippen molar-refractivity contribution < 1.29 is 67.6 Å². The second-order valence-electron chi connectivity index (χ2n) is 27.4. The van der Waals surface area contributed by atoms with Crippen molar-refractivity contribution in [1.82, 2.24) is 33.8 Å². The van der Waals surface area contributed by atoms with Crippen molar-refractivity contribution in [2.75, 3.05) is 32.8 Å². The van der Waals surface area contributed by atoms with Crippen LogP contribution in [0.4, 0.5) is 0 Å². The number of esters is 2. The molecule has 21 heteroatoms. The maximum atomic E-state index is 14.3. The van der Waals surface area contributed by atoms with E-state index in [1.54, 1.807) is 73.5 Å². The summed E-state index contributed by atoms with van der Waals surface area (Å²) in [6.45, 7) is 33.4. The van der Waals surface area contributed by atoms with Crippen molar-refractivity contribution >= 4 is 59.3 Å². The van der Waals surface area contributed by atoms with Crippen LogP contribution in [0.25, 0.3) is 0 Å². The Morgan fingerprint density at radius 1 is 0.482 bits per heavy atom. The van der Waals surface area contributed by atoms with Gasteiger partial charge in [0.1, 0.15) is 0 Å². The molecule has 0 saturated carbocycles. The normalized spacial score (nSPS) is 22.2. The van der Waals surface area contributed by atoms with E-state index < -0.39 is 110 Å². The monoisotopic (exact) mass is 1190 g/mol. The van der Waals surface area contributed by atoms with Crippen LogP contribution in [0.1, 0.15) is 175 Å². The third-order valence-corrected chi connectivity index (χ3v) is 19.1. The van der Waals surface area contributed by atoms with Crippen LogP contribution in [0.2, 0.25) is 0 Å². The molecule has 6 amide bonds. The Kier molecular flexibility index (Phi) is 24.6. The fraction of sp³-hybridized carbons (Fsp3) is 0.750. The smallest absolute Gasteiger partial charge is 0.309 e. The molecular weight excluding hydrogens is 1090 g/mol. The van der Waals surface area contributed by atoms with Crippen molar-refractivity contribution in [2.45, 2.75) is 189 Å². The number of carbonyl (C=O) groups excluding carboxylic acids is 8. The molecule has 10 unspecified atom stereocenters. The van der Waals surface area contributed by atoms with Gasteiger partial charge in [-0.25, -0.2) is 9.97 Å². The van der Waals surface area contributed by atoms with Gasteiger partial charge in [0.2, 0.25) is 35.4 Å². The van der Waals surface area contributed by atoms with Crippen LogP contribution in [-0.2, 0) is 70.5 Å². The van der Waals surface area contributed by atoms with E-state index in [0.29, 0.717) is 51.7 Å². The molecule has 3 fully saturated rings. The number of carbonyl (C=O) groups is 10. The number of imidazole rings is 2. The number of aliphatic carboxylic acids is 2. The number of aryl methyl sites for hydroxylation is 2. The first-order chi connectivity index (χ1) is 39.5. The number of ether oxygens (including phenoxy) is 2. The average Bonchev–Trinajstić information content (AvgIpc) is 1.77. The molecule has 21 nitrogen and oxygen atoms in total. The van der Waals surface area contributed by atoms with Crippen molar-refractivity contribution in [1.29, 1.82) is 0 Å². The van der Waals surface area contributed by atoms with Crippen LogP contribution < -0.4 is 0 Å². The molecule has 0 bridgehead atoms. The number of likely N-dealkylation sites (tertiary alicyclic amines) is 3. The second kappa shape index (κ2) is 29.4. The molecule has 3 saturated heterocycles. The Labute approximate surface area is 504 Å². The predicted octanol–water partition coefficient (Wildman–Crippen LogP) is 9.07. The van der Waals surface area contributed by atoms with Crippen molar-refractivity contribution in [3.8, 4) is 0 Å². The third-order valence-electron chi connectivity index (χ3n) is 19.1. The zero-order chi connectivity index (χ0) is 64.3. The highest BCUT2D eigenvalue weighted by Crippen LogP contribution is 2.54. The SMILES string of the molecule is CCCCN1C(=O)C(CC(C)(C)C(C(=O)O)C(C)C(=O)OCC)C(C(C)(C)CC2C(=O)N(CCCn3ccnc3)C(=O)C2C(C)(C)CC)C1=O.CCOC(=O)C(C)C(C(=O)O)C(C)(C)CC1C(=O)N(CCCn2ccnc2)C(=O)C1C(C)(C)CC. The predicted molar refractivity (Wildman–Crippen MR) is 317 cm³/mol. The number of unbranched alkanes of at least 4 members (excludes halogenated alkanes) is 1. The Morgan fingerprint density at radius 2 is 0.800 bits per heavy atom. The quantitative estimate of drug-likeness (QED) is 0.0510. The fourth-order valence-corrected chi connectivity index (χ4v) is 14.1. The number of hydrogen-bond donors (Lipinski definition) is 2. The number of aromatic nitrogens is 4. The van der Waals surface area contributed by atoms with Crippen molar-refractivity contribution in [3.63, 3.8) is 0 Å². The summed E-state index contributed by atoms with van der Waals surface area (Å²) >= 11 is 0. The molecule has 0 radical (unpaired) electrons. The molecule has 0 aromatic carbocycles. The Morgan fingerprint density at radius 3 is 1.08 bits per heavy atom. The van der Waals surface area contributed by atoms with Gasteiger partial charge in [-0.3, -0.25) is 62.6 Å². The molecule has 2 aromatic heterocycles. The second-order valence-corrected chi connectivity index (χ2v) is 27.4. The Hall–Kier alpha value is -6.28. The number of hydrogen-bond acceptors (Lipinski definition) is 14. The van der Waals surface area contributed by atoms with Crippen LogP contribution in [0.3, 0.4) is 0 Å². The van der Waals surface area contributed by atoms with E-state index in [4.69, 9.17) is 9.47 Å². The summed E-state index contributed by atoms with van der Waals surface area (Å²) < 4.78 is 14.0. The molecule has 85 heavy (non-hydrogen) atoms. The summed E-state index contributed by atoms with van der Waals surface area (Å²) in [6, 6.07) is 0. The van der Waals surface area contributed by atoms with Gasteiger partial charge in [0.25, 0.3) is 0 Å². The Bertz CT molecular complexity index is 2660. The number of carboxylic acid groups (broad SMARTS) is 2. The minimum atomic E-state index is -1.18. The molecule has 476 valence electrons. The summed E-state index contributed by atoms with van der Waals surface area (Å²) in [5.41, 5.74) is -3.90. The molecule has 0 aliphatic carbocycles. The molecular formula is C64H101N7O14. The van der Waals surface area contributed by atoms with Crippen molar-refractivity contribution in [3.05, 3.63) is 37.4 Å². The van der Waals surface area contributed by atoms with Crippen LogP contribution in [0, 0.1) is 86.3 Å². The zero-order valence-electron chi connectivity index (χ0n) is 54.0. The molecule has 5 heterocycles. The number of nitrogens with zero attached hydrogens (tertiary/aromatic N) is 7. The molecule has 10 atom stereocenters. The van der Waals surface area contributed by atoms with Gasteiger partial charge in [0.15, 0.2) is 0 Å². The van der Waals surface area contributed by atoms with Gasteiger partial charge in [-0.2, -0.15) is 0 Å². The maximum absolute atomic E-state index is 14.3. The lowest BCUT2D eigenvalue weighted by atomic mass is 9.60. The Balaban J connectivity index is 0.000000388. The van der Waals surface area contributed by atoms with Crippen LogP contribution in [0.5, 0.6) is 0 Å². The van der Waals surface area contributed by atoms with Gasteiger partial charge in [-0.1, -0.05) is 123 Å². The molecule has 3 aliphatic heterocycles. The van der Waals surface area contributed by atoms with Crippen LogP contribution in [-0.4, -0.2) is 136 Å². The minimum Gasteiger partial charge on any atom is -0.481 e. The first-order valence-corrected chi connectivity index (χ1v) is 30.8. The van der Waals surface area contributed by atoms with E-state index in [9.17, 15) is 58.2 Å². The first-order valence-electron chi connectivity index (χ1n) is 30.8. The first kappa shape index (κ1) is 71.2. The summed E-state index contributed by atoms with van der Waals surface area (Å²) in [4.78, 5) is 146. The lowest BCUT2D eigenvalue weighted by Gasteiger charge is -2.41. The van der Waals surface area contributed by atoms with E-state index >= 15 is 0 Å². The summed E-state index contributed by atoms with van der Waals surface area (Å²) in [7, 11) is 0. The average molecular weight is 1190 g/mol. The topological polar surface area (TPSA) is 275 Å². The summed E-state index contributed by atoms with van der Waals surface area (Å²) in [5, 5.41) is 20.4. The highest BCUT2D eigenvalue weighted by molar-refractivity contribution is 6.07. The number of rotatable bonds is 32. The lowest BCUT2D eigenvalue weighted by molar-refractivity contribution is -0.162. The highest BCUT2D eigenvalue weighted by Gasteiger charge is 2.61. The van der Waals surface area contributed by atoms with E-state index in [1.807, 2.05) is 83.8 Å². The summed E-state index contributed by atoms with van der Waals surface area (Å²) in [5.74, 6) is -13.5. The minimum absolute atomic E-state index is 0.0385. The number of amides is 6. The van der Waals surface area contributed by atoms with Crippen LogP contribution >= 0.6 is 0 Å². The highest BCUT2D eigenvalue weighted by atomic mass is 16.5. The van der Waals surface area contributed by atoms with Gasteiger partial charge >= 0.3 is 23.9 Å². The lowest BCUT2D eigenvalue weighted by Crippen LogP contribution is -2.44. The van der Waals surface area contributed by atoms with E-state index in [2.05, 4.69) is 9.97 Å². The van der Waals surface area contributed by atoms with Gasteiger partial charge in [-0.05, 0) is 79.4 Å². The summed E-state index contributed by atoms with van der Waals surface area (Å²) in [6.07, 6.45) is 14.7. The number of imide groups is 3. The fourth-order valence-electron chi connectivity index (χ4n) is 14.1. The van der Waals surface area contributed by atoms with E-state index in [-0.39, 0.29) is 81.0 Å². The van der Waals surface area contributed by atoms with E-state index in [0.717, 1.165) is 6.42 Å². The standard InChI is InChI=1S/C38H60N4O8.C26H41N3O6/c1-11-14-18-41-31(44)26(21-37(7,8)27(34(47)48)24(4)35(49)50-13-3)29(33(41)46)38(9,10)22-25-28(36(5,6)12-2)32(45)42(30(25)43)19-15-17-40-20-16-39-23-40;1-8-25(4,5)20-18(15-26(6,7)19(23(32)33)17(3)24(34)35-9-2)21(30)29(22(20)31)13-10-12-28-14-11-27-16-28/h16,20,23-29H,11-15,17-19,21-22H2,1-10H3,(H,47,48);11,14,16-20H,8-10,12-13,15H2,1-7H3,(H,32,33). The largest absolute Gasteiger partial charge is 0.481 e. The molecule has 3 aliphatic rings. The molecule has 2 N–H and O–H groups in total. The molecule has 2 aromatic rings. The molecule has 5 rings (SSSR count). The van der Waals surface area contributed by atoms with Crippen molar-refractivity contribution in [2.24, 2.45) is 86.3 Å². The zero-order valence-corrected chi connectivity index (χ0v) is 54.0. The third kappa shape index (κ3) is 16.4. The van der Waals surface area contributed by atoms with Crippen LogP contribution in [0.15, 0.2) is 37.4 Å². The molecule has 0 spiro atoms. The van der Waals surface area contributed by atoms with E-state index in [1.165, 1.54) is 21.6 Å². The van der Waals surface area contributed by atoms with Gasteiger partial charge in [-0.15, -0.1) is 0 Å². The number of carboxylic acids is 2. The van der Waals surface area contributed by atoms with Gasteiger partial charge < -0.3 is 28.8 Å². The van der Waals surface area contributed by atoms with Gasteiger partial charge in [0.05, 0.1) is 85.0 Å². The van der Waals surface area contributed by atoms with Gasteiger partial charge in [0, 0.05) is 57.5 Å². The maximum Gasteiger partial charge on any atom is 0.309 e.